The zero-order chi connectivity index (χ0) is 20.4. The number of carbonyl (C=O) groups excluding carboxylic acids is 1. The third-order valence-corrected chi connectivity index (χ3v) is 11.5. The summed E-state index contributed by atoms with van der Waals surface area (Å²) in [7, 11) is 0. The molecule has 0 atom stereocenters. The number of piperazine rings is 1. The number of pyridine rings is 2. The minimum atomic E-state index is -1.98. The van der Waals surface area contributed by atoms with Crippen LogP contribution in [-0.4, -0.2) is 70.2 Å². The fraction of sp³-hybridized carbons (Fsp3) is 0.348. The van der Waals surface area contributed by atoms with Crippen molar-refractivity contribution >= 4 is 38.9 Å². The van der Waals surface area contributed by atoms with Crippen LogP contribution in [0, 0.1) is 0 Å². The molecule has 2 aromatic heterocycles. The number of nitrogens with zero attached hydrogens (tertiary/aromatic N) is 4. The van der Waals surface area contributed by atoms with Crippen LogP contribution in [0.1, 0.15) is 16.1 Å². The molecule has 0 bridgehead atoms. The number of hydrogen-bond donors (Lipinski definition) is 0. The van der Waals surface area contributed by atoms with E-state index in [0.717, 1.165) is 38.1 Å². The van der Waals surface area contributed by atoms with Gasteiger partial charge < -0.3 is 0 Å². The van der Waals surface area contributed by atoms with Crippen LogP contribution in [-0.2, 0) is 6.54 Å². The van der Waals surface area contributed by atoms with Crippen molar-refractivity contribution in [2.24, 2.45) is 0 Å². The molecule has 6 heteroatoms. The third kappa shape index (κ3) is 4.78. The van der Waals surface area contributed by atoms with Crippen molar-refractivity contribution in [2.75, 3.05) is 26.2 Å². The van der Waals surface area contributed by atoms with Crippen molar-refractivity contribution in [1.82, 2.24) is 19.8 Å². The third-order valence-electron chi connectivity index (χ3n) is 5.57. The van der Waals surface area contributed by atoms with E-state index < -0.39 is 18.4 Å². The first-order valence-electron chi connectivity index (χ1n) is 10.2. The SMILES string of the molecule is [CH3][Sn]([CH3])([CH3])[c]1ccc(CN2CCN(C(=O)c3ccc4cccnc4n3)CC2)cc1. The van der Waals surface area contributed by atoms with Crippen molar-refractivity contribution in [3.63, 3.8) is 0 Å². The van der Waals surface area contributed by atoms with Gasteiger partial charge in [-0.2, -0.15) is 0 Å². The van der Waals surface area contributed by atoms with Gasteiger partial charge in [-0.05, 0) is 18.2 Å². The van der Waals surface area contributed by atoms with E-state index in [4.69, 9.17) is 0 Å². The van der Waals surface area contributed by atoms with Crippen LogP contribution in [0.5, 0.6) is 0 Å². The Balaban J connectivity index is 1.35. The Labute approximate surface area is 176 Å². The molecule has 29 heavy (non-hydrogen) atoms. The molecule has 0 aliphatic carbocycles. The number of aromatic nitrogens is 2. The second-order valence-corrected chi connectivity index (χ2v) is 23.3. The summed E-state index contributed by atoms with van der Waals surface area (Å²) in [6.45, 7) is 4.18. The van der Waals surface area contributed by atoms with Crippen molar-refractivity contribution in [3.8, 4) is 0 Å². The fourth-order valence-corrected chi connectivity index (χ4v) is 7.04. The van der Waals surface area contributed by atoms with Crippen LogP contribution < -0.4 is 3.58 Å². The molecule has 0 unspecified atom stereocenters. The summed E-state index contributed by atoms with van der Waals surface area (Å²) in [5.74, 6) is -0.000712. The van der Waals surface area contributed by atoms with E-state index in [-0.39, 0.29) is 5.91 Å². The molecule has 0 N–H and O–H groups in total. The van der Waals surface area contributed by atoms with Gasteiger partial charge in [0.2, 0.25) is 0 Å². The van der Waals surface area contributed by atoms with E-state index >= 15 is 0 Å². The summed E-state index contributed by atoms with van der Waals surface area (Å²) in [5, 5.41) is 0.954. The average molecular weight is 495 g/mol. The summed E-state index contributed by atoms with van der Waals surface area (Å²) < 4.78 is 1.57. The molecule has 0 radical (unpaired) electrons. The molecular weight excluding hydrogens is 467 g/mol. The quantitative estimate of drug-likeness (QED) is 0.523. The van der Waals surface area contributed by atoms with Gasteiger partial charge in [-0.15, -0.1) is 0 Å². The molecule has 4 rings (SSSR count). The molecule has 3 heterocycles. The zero-order valence-electron chi connectivity index (χ0n) is 17.4. The van der Waals surface area contributed by atoms with Crippen LogP contribution in [0.3, 0.4) is 0 Å². The van der Waals surface area contributed by atoms with E-state index in [1.54, 1.807) is 15.8 Å². The van der Waals surface area contributed by atoms with Gasteiger partial charge in [0.25, 0.3) is 0 Å². The van der Waals surface area contributed by atoms with E-state index in [1.165, 1.54) is 5.56 Å². The Morgan fingerprint density at radius 2 is 1.69 bits per heavy atom. The van der Waals surface area contributed by atoms with Crippen molar-refractivity contribution in [1.29, 1.82) is 0 Å². The topological polar surface area (TPSA) is 49.3 Å². The molecule has 0 saturated carbocycles. The normalized spacial score (nSPS) is 15.6. The van der Waals surface area contributed by atoms with Gasteiger partial charge in [-0.3, -0.25) is 0 Å². The maximum atomic E-state index is 12.9. The molecule has 1 amide bonds. The first-order valence-corrected chi connectivity index (χ1v) is 20.2. The van der Waals surface area contributed by atoms with Crippen LogP contribution >= 0.6 is 0 Å². The molecule has 1 aliphatic rings. The Bertz CT molecular complexity index is 1010. The molecule has 1 aromatic carbocycles. The molecule has 1 aliphatic heterocycles. The molecular formula is C23H28N4OSn. The second-order valence-electron chi connectivity index (χ2n) is 8.76. The van der Waals surface area contributed by atoms with Crippen LogP contribution in [0.15, 0.2) is 54.7 Å². The van der Waals surface area contributed by atoms with Crippen molar-refractivity contribution in [3.05, 3.63) is 66.0 Å². The predicted molar refractivity (Wildman–Crippen MR) is 120 cm³/mol. The predicted octanol–water partition coefficient (Wildman–Crippen LogP) is 3.13. The Kier molecular flexibility index (Phi) is 5.88. The van der Waals surface area contributed by atoms with Crippen molar-refractivity contribution < 1.29 is 4.79 Å². The maximum absolute atomic E-state index is 12.9. The van der Waals surface area contributed by atoms with Gasteiger partial charge in [0.1, 0.15) is 0 Å². The van der Waals surface area contributed by atoms with E-state index in [9.17, 15) is 4.79 Å². The number of hydrogen-bond acceptors (Lipinski definition) is 4. The number of rotatable bonds is 4. The van der Waals surface area contributed by atoms with E-state index in [0.29, 0.717) is 11.3 Å². The van der Waals surface area contributed by atoms with Gasteiger partial charge >= 0.3 is 137 Å². The first-order chi connectivity index (χ1) is 13.9. The number of benzene rings is 1. The first kappa shape index (κ1) is 20.3. The molecule has 1 fully saturated rings. The average Bonchev–Trinajstić information content (AvgIpc) is 2.73. The van der Waals surface area contributed by atoms with Crippen LogP contribution in [0.2, 0.25) is 14.8 Å². The van der Waals surface area contributed by atoms with Crippen molar-refractivity contribution in [2.45, 2.75) is 21.4 Å². The summed E-state index contributed by atoms with van der Waals surface area (Å²) in [6.07, 6.45) is 1.71. The minimum absolute atomic E-state index is 0.000712. The standard InChI is InChI=1S/C20H19N4O.3CH3.Sn/c25-20(18-9-8-17-7-4-10-21-19(17)22-18)24-13-11-23(12-14-24)15-16-5-2-1-3-6-16;;;;/h2-10H,11-15H2;3*1H3;. The molecule has 3 aromatic rings. The van der Waals surface area contributed by atoms with Gasteiger partial charge in [-0.1, -0.05) is 0 Å². The molecule has 5 nitrogen and oxygen atoms in total. The molecule has 1 saturated heterocycles. The fourth-order valence-electron chi connectivity index (χ4n) is 3.71. The zero-order valence-corrected chi connectivity index (χ0v) is 20.3. The van der Waals surface area contributed by atoms with Gasteiger partial charge in [0.15, 0.2) is 5.65 Å². The van der Waals surface area contributed by atoms with Crippen LogP contribution in [0.4, 0.5) is 0 Å². The Hall–Kier alpha value is -1.99. The van der Waals surface area contributed by atoms with E-state index in [1.807, 2.05) is 23.1 Å². The number of amides is 1. The second kappa shape index (κ2) is 8.40. The Morgan fingerprint density at radius 1 is 0.966 bits per heavy atom. The summed E-state index contributed by atoms with van der Waals surface area (Å²) in [5.41, 5.74) is 2.46. The summed E-state index contributed by atoms with van der Waals surface area (Å²) in [6, 6.07) is 16.8. The van der Waals surface area contributed by atoms with Crippen LogP contribution in [0.25, 0.3) is 11.0 Å². The monoisotopic (exact) mass is 496 g/mol. The number of carbonyl (C=O) groups is 1. The Morgan fingerprint density at radius 3 is 2.38 bits per heavy atom. The molecule has 0 spiro atoms. The molecule has 150 valence electrons. The van der Waals surface area contributed by atoms with Gasteiger partial charge in [-0.25, -0.2) is 4.98 Å². The summed E-state index contributed by atoms with van der Waals surface area (Å²) >= 11 is -1.98. The summed E-state index contributed by atoms with van der Waals surface area (Å²) in [4.78, 5) is 33.2. The number of fused-ring (bicyclic) bond motifs is 1. The van der Waals surface area contributed by atoms with E-state index in [2.05, 4.69) is 54.0 Å². The van der Waals surface area contributed by atoms with Gasteiger partial charge in [0, 0.05) is 11.6 Å². The van der Waals surface area contributed by atoms with Gasteiger partial charge in [0.05, 0.1) is 0 Å².